The van der Waals surface area contributed by atoms with Crippen LogP contribution in [0.15, 0.2) is 247 Å². The summed E-state index contributed by atoms with van der Waals surface area (Å²) in [6, 6.07) is 87.7. The number of benzene rings is 11. The third kappa shape index (κ3) is 6.12. The molecule has 0 amide bonds. The molecule has 11 aromatic carbocycles. The molecule has 0 atom stereocenters. The summed E-state index contributed by atoms with van der Waals surface area (Å²) >= 11 is 0. The molecule has 2 aromatic heterocycles. The summed E-state index contributed by atoms with van der Waals surface area (Å²) in [5, 5.41) is 9.62. The Hall–Kier alpha value is -8.66. The van der Waals surface area contributed by atoms with Gasteiger partial charge in [-0.25, -0.2) is 0 Å². The van der Waals surface area contributed by atoms with Crippen LogP contribution in [0, 0.1) is 0 Å². The highest BCUT2D eigenvalue weighted by Crippen LogP contribution is 2.42. The first-order valence-electron chi connectivity index (χ1n) is 22.2. The van der Waals surface area contributed by atoms with Crippen molar-refractivity contribution in [3.8, 4) is 39.1 Å². The van der Waals surface area contributed by atoms with E-state index in [1.54, 1.807) is 0 Å². The summed E-state index contributed by atoms with van der Waals surface area (Å²) in [4.78, 5) is 2.37. The number of rotatable bonds is 7. The lowest BCUT2D eigenvalue weighted by molar-refractivity contribution is 0.670. The minimum atomic E-state index is 0.912. The van der Waals surface area contributed by atoms with Crippen molar-refractivity contribution < 1.29 is 4.42 Å². The van der Waals surface area contributed by atoms with Crippen LogP contribution < -0.4 is 4.90 Å². The van der Waals surface area contributed by atoms with Gasteiger partial charge < -0.3 is 13.9 Å². The van der Waals surface area contributed by atoms with Crippen LogP contribution in [0.2, 0.25) is 0 Å². The van der Waals surface area contributed by atoms with E-state index in [1.165, 1.54) is 60.0 Å². The quantitative estimate of drug-likeness (QED) is 0.149. The van der Waals surface area contributed by atoms with Gasteiger partial charge in [-0.3, -0.25) is 0 Å². The van der Waals surface area contributed by atoms with E-state index < -0.39 is 0 Å². The molecule has 3 nitrogen and oxygen atoms in total. The maximum absolute atomic E-state index is 6.43. The number of nitrogens with zero attached hydrogens (tertiary/aromatic N) is 2. The first-order chi connectivity index (χ1) is 32.2. The highest BCUT2D eigenvalue weighted by Gasteiger charge is 2.19. The first-order valence-corrected chi connectivity index (χ1v) is 22.2. The largest absolute Gasteiger partial charge is 0.455 e. The van der Waals surface area contributed by atoms with Crippen molar-refractivity contribution in [2.24, 2.45) is 0 Å². The third-order valence-electron chi connectivity index (χ3n) is 13.2. The van der Waals surface area contributed by atoms with E-state index in [-0.39, 0.29) is 0 Å². The number of hydrogen-bond acceptors (Lipinski definition) is 2. The van der Waals surface area contributed by atoms with Gasteiger partial charge in [0.15, 0.2) is 0 Å². The van der Waals surface area contributed by atoms with Crippen LogP contribution in [-0.4, -0.2) is 4.57 Å². The van der Waals surface area contributed by atoms with Gasteiger partial charge in [0, 0.05) is 49.7 Å². The van der Waals surface area contributed by atoms with E-state index in [2.05, 4.69) is 240 Å². The number of para-hydroxylation sites is 5. The second kappa shape index (κ2) is 15.0. The van der Waals surface area contributed by atoms with Crippen molar-refractivity contribution in [2.75, 3.05) is 4.90 Å². The lowest BCUT2D eigenvalue weighted by atomic mass is 9.96. The summed E-state index contributed by atoms with van der Waals surface area (Å²) in [5.41, 5.74) is 15.6. The van der Waals surface area contributed by atoms with Gasteiger partial charge >= 0.3 is 0 Å². The summed E-state index contributed by atoms with van der Waals surface area (Å²) in [6.07, 6.45) is 0. The molecule has 2 heterocycles. The topological polar surface area (TPSA) is 21.3 Å². The molecule has 304 valence electrons. The Labute approximate surface area is 376 Å². The van der Waals surface area contributed by atoms with Crippen molar-refractivity contribution in [3.05, 3.63) is 243 Å². The molecule has 0 aliphatic heterocycles. The van der Waals surface area contributed by atoms with E-state index in [0.29, 0.717) is 0 Å². The zero-order valence-corrected chi connectivity index (χ0v) is 35.4. The lowest BCUT2D eigenvalue weighted by Gasteiger charge is -2.26. The molecule has 0 saturated carbocycles. The Morgan fingerprint density at radius 3 is 1.57 bits per heavy atom. The van der Waals surface area contributed by atoms with Gasteiger partial charge in [-0.05, 0) is 111 Å². The van der Waals surface area contributed by atoms with Crippen LogP contribution in [0.25, 0.3) is 104 Å². The Morgan fingerprint density at radius 1 is 0.308 bits per heavy atom. The fourth-order valence-electron chi connectivity index (χ4n) is 10.1. The van der Waals surface area contributed by atoms with Crippen molar-refractivity contribution >= 4 is 82.4 Å². The molecule has 13 aromatic rings. The Balaban J connectivity index is 0.904. The molecule has 13 rings (SSSR count). The highest BCUT2D eigenvalue weighted by molar-refractivity contribution is 6.13. The predicted molar refractivity (Wildman–Crippen MR) is 274 cm³/mol. The Kier molecular flexibility index (Phi) is 8.53. The Bertz CT molecular complexity index is 3880. The number of anilines is 3. The maximum Gasteiger partial charge on any atom is 0.143 e. The van der Waals surface area contributed by atoms with E-state index in [9.17, 15) is 0 Å². The van der Waals surface area contributed by atoms with Gasteiger partial charge in [-0.2, -0.15) is 0 Å². The number of fused-ring (bicyclic) bond motifs is 9. The molecule has 3 heteroatoms. The molecule has 0 unspecified atom stereocenters. The third-order valence-corrected chi connectivity index (χ3v) is 13.2. The lowest BCUT2D eigenvalue weighted by Crippen LogP contribution is -2.10. The maximum atomic E-state index is 6.43. The molecule has 0 radical (unpaired) electrons. The standard InChI is InChI=1S/C62H40N2O/c1-2-13-41(14-3-1)42-27-32-47(33-28-42)63(48-34-29-43(30-35-48)52-15-4-8-21-58(52)64-59-22-9-5-16-54(59)55-17-6-10-23-60(55)64)49-36-38-51-46(40-49)26-25-44-39-45(31-37-50(44)51)53-19-12-20-57-56-18-7-11-24-61(56)65-62(53)57/h1-40H. The smallest absolute Gasteiger partial charge is 0.143 e. The highest BCUT2D eigenvalue weighted by atomic mass is 16.3. The summed E-state index contributed by atoms with van der Waals surface area (Å²) in [7, 11) is 0. The van der Waals surface area contributed by atoms with Gasteiger partial charge in [0.25, 0.3) is 0 Å². The summed E-state index contributed by atoms with van der Waals surface area (Å²) in [6.45, 7) is 0. The molecule has 0 N–H and O–H groups in total. The van der Waals surface area contributed by atoms with E-state index in [1.807, 2.05) is 12.1 Å². The average Bonchev–Trinajstić information content (AvgIpc) is 3.93. The predicted octanol–water partition coefficient (Wildman–Crippen LogP) is 17.5. The summed E-state index contributed by atoms with van der Waals surface area (Å²) in [5.74, 6) is 0. The molecule has 0 saturated heterocycles. The normalized spacial score (nSPS) is 11.7. The van der Waals surface area contributed by atoms with Gasteiger partial charge in [0.1, 0.15) is 11.2 Å². The number of hydrogen-bond donors (Lipinski definition) is 0. The van der Waals surface area contributed by atoms with Crippen LogP contribution in [0.1, 0.15) is 0 Å². The van der Waals surface area contributed by atoms with E-state index in [0.717, 1.165) is 61.4 Å². The molecular formula is C62H40N2O. The zero-order chi connectivity index (χ0) is 42.8. The van der Waals surface area contributed by atoms with Gasteiger partial charge in [0.2, 0.25) is 0 Å². The molecule has 0 aliphatic carbocycles. The van der Waals surface area contributed by atoms with Crippen LogP contribution >= 0.6 is 0 Å². The van der Waals surface area contributed by atoms with Gasteiger partial charge in [0.05, 0.1) is 16.7 Å². The Morgan fingerprint density at radius 2 is 0.831 bits per heavy atom. The molecule has 0 spiro atoms. The SMILES string of the molecule is c1ccc(-c2ccc(N(c3ccc(-c4ccccc4-n4c5ccccc5c5ccccc54)cc3)c3ccc4c(ccc5cc(-c6cccc7c6oc6ccccc67)ccc54)c3)cc2)cc1. The molecular weight excluding hydrogens is 789 g/mol. The fraction of sp³-hybridized carbons (Fsp3) is 0. The van der Waals surface area contributed by atoms with E-state index >= 15 is 0 Å². The fourth-order valence-corrected chi connectivity index (χ4v) is 10.1. The van der Waals surface area contributed by atoms with Crippen LogP contribution in [0.3, 0.4) is 0 Å². The van der Waals surface area contributed by atoms with Crippen molar-refractivity contribution in [3.63, 3.8) is 0 Å². The molecule has 0 aliphatic rings. The zero-order valence-electron chi connectivity index (χ0n) is 35.4. The molecule has 0 bridgehead atoms. The van der Waals surface area contributed by atoms with Gasteiger partial charge in [-0.1, -0.05) is 176 Å². The van der Waals surface area contributed by atoms with Crippen LogP contribution in [0.4, 0.5) is 17.1 Å². The van der Waals surface area contributed by atoms with Crippen molar-refractivity contribution in [1.29, 1.82) is 0 Å². The van der Waals surface area contributed by atoms with Crippen molar-refractivity contribution in [2.45, 2.75) is 0 Å². The van der Waals surface area contributed by atoms with Gasteiger partial charge in [-0.15, -0.1) is 0 Å². The average molecular weight is 829 g/mol. The van der Waals surface area contributed by atoms with Crippen LogP contribution in [0.5, 0.6) is 0 Å². The second-order valence-electron chi connectivity index (χ2n) is 16.9. The minimum Gasteiger partial charge on any atom is -0.455 e. The second-order valence-corrected chi connectivity index (χ2v) is 16.9. The first kappa shape index (κ1) is 36.9. The number of aromatic nitrogens is 1. The molecule has 65 heavy (non-hydrogen) atoms. The monoisotopic (exact) mass is 828 g/mol. The number of furan rings is 1. The summed E-state index contributed by atoms with van der Waals surface area (Å²) < 4.78 is 8.84. The van der Waals surface area contributed by atoms with Crippen molar-refractivity contribution in [1.82, 2.24) is 4.57 Å². The van der Waals surface area contributed by atoms with E-state index in [4.69, 9.17) is 4.42 Å². The minimum absolute atomic E-state index is 0.912. The molecule has 0 fully saturated rings. The van der Waals surface area contributed by atoms with Crippen LogP contribution in [-0.2, 0) is 0 Å².